The van der Waals surface area contributed by atoms with Crippen molar-refractivity contribution in [1.82, 2.24) is 4.90 Å². The van der Waals surface area contributed by atoms with Crippen LogP contribution in [0.5, 0.6) is 0 Å². The zero-order valence-corrected chi connectivity index (χ0v) is 15.6. The quantitative estimate of drug-likeness (QED) is 0.831. The number of piperazine rings is 1. The Balaban J connectivity index is 1.61. The average molecular weight is 399 g/mol. The lowest BCUT2D eigenvalue weighted by Crippen LogP contribution is -2.50. The summed E-state index contributed by atoms with van der Waals surface area (Å²) in [4.78, 5) is 16.4. The molecule has 2 aromatic carbocycles. The van der Waals surface area contributed by atoms with Gasteiger partial charge in [-0.25, -0.2) is 4.79 Å². The summed E-state index contributed by atoms with van der Waals surface area (Å²) in [6, 6.07) is 15.5. The molecule has 0 unspecified atom stereocenters. The highest BCUT2D eigenvalue weighted by Gasteiger charge is 2.22. The third-order valence-corrected chi connectivity index (χ3v) is 5.23. The van der Waals surface area contributed by atoms with Gasteiger partial charge in [-0.15, -0.1) is 0 Å². The Bertz CT molecular complexity index is 822. The van der Waals surface area contributed by atoms with Gasteiger partial charge in [-0.3, -0.25) is 0 Å². The van der Waals surface area contributed by atoms with E-state index in [4.69, 9.17) is 0 Å². The van der Waals surface area contributed by atoms with E-state index in [1.165, 1.54) is 0 Å². The summed E-state index contributed by atoms with van der Waals surface area (Å²) in [5.74, 6) is 0. The molecule has 1 aliphatic heterocycles. The number of carbonyl (C=O) groups is 1. The number of hydrogen-bond acceptors (Lipinski definition) is 3. The molecule has 1 aliphatic rings. The van der Waals surface area contributed by atoms with Crippen molar-refractivity contribution in [3.63, 3.8) is 0 Å². The number of aryl methyl sites for hydroxylation is 1. The van der Waals surface area contributed by atoms with Crippen molar-refractivity contribution < 1.29 is 4.79 Å². The van der Waals surface area contributed by atoms with Crippen molar-refractivity contribution in [3.8, 4) is 6.07 Å². The second-order valence-electron chi connectivity index (χ2n) is 6.00. The number of nitrogens with one attached hydrogen (secondary N) is 1. The molecule has 5 nitrogen and oxygen atoms in total. The Labute approximate surface area is 156 Å². The lowest BCUT2D eigenvalue weighted by atomic mass is 10.1. The van der Waals surface area contributed by atoms with Crippen molar-refractivity contribution in [2.75, 3.05) is 36.4 Å². The molecule has 25 heavy (non-hydrogen) atoms. The fourth-order valence-electron chi connectivity index (χ4n) is 2.92. The van der Waals surface area contributed by atoms with Crippen LogP contribution in [0, 0.1) is 18.3 Å². The Kier molecular flexibility index (Phi) is 5.25. The molecule has 0 aliphatic carbocycles. The van der Waals surface area contributed by atoms with Crippen molar-refractivity contribution in [2.45, 2.75) is 6.92 Å². The van der Waals surface area contributed by atoms with E-state index in [-0.39, 0.29) is 6.03 Å². The van der Waals surface area contributed by atoms with Crippen LogP contribution in [0.3, 0.4) is 0 Å². The maximum absolute atomic E-state index is 12.5. The number of halogens is 1. The molecule has 3 rings (SSSR count). The number of hydrogen-bond donors (Lipinski definition) is 1. The first-order chi connectivity index (χ1) is 12.1. The van der Waals surface area contributed by atoms with Gasteiger partial charge in [0.25, 0.3) is 0 Å². The van der Waals surface area contributed by atoms with Crippen LogP contribution in [-0.4, -0.2) is 37.1 Å². The van der Waals surface area contributed by atoms with Gasteiger partial charge < -0.3 is 15.1 Å². The van der Waals surface area contributed by atoms with Gasteiger partial charge in [0, 0.05) is 36.3 Å². The topological polar surface area (TPSA) is 59.4 Å². The summed E-state index contributed by atoms with van der Waals surface area (Å²) in [5, 5.41) is 12.2. The summed E-state index contributed by atoms with van der Waals surface area (Å²) >= 11 is 3.46. The van der Waals surface area contributed by atoms with Crippen molar-refractivity contribution >= 4 is 33.3 Å². The lowest BCUT2D eigenvalue weighted by molar-refractivity contribution is 0.208. The fraction of sp³-hybridized carbons (Fsp3) is 0.263. The standard InChI is InChI=1S/C19H19BrN4O/c1-14-12-16(6-7-17(14)20)22-19(25)24-10-8-23(9-11-24)18-5-3-2-4-15(18)13-21/h2-7,12H,8-11H2,1H3,(H,22,25). The number of rotatable bonds is 2. The molecular formula is C19H19BrN4O. The molecule has 2 amide bonds. The first-order valence-electron chi connectivity index (χ1n) is 8.14. The second-order valence-corrected chi connectivity index (χ2v) is 6.85. The first kappa shape index (κ1) is 17.3. The molecule has 1 fully saturated rings. The lowest BCUT2D eigenvalue weighted by Gasteiger charge is -2.36. The van der Waals surface area contributed by atoms with Crippen LogP contribution in [0.15, 0.2) is 46.9 Å². The number of amides is 2. The zero-order valence-electron chi connectivity index (χ0n) is 14.0. The summed E-state index contributed by atoms with van der Waals surface area (Å²) < 4.78 is 1.02. The largest absolute Gasteiger partial charge is 0.367 e. The molecule has 128 valence electrons. The third-order valence-electron chi connectivity index (χ3n) is 4.34. The van der Waals surface area contributed by atoms with Gasteiger partial charge in [0.15, 0.2) is 0 Å². The molecule has 0 atom stereocenters. The highest BCUT2D eigenvalue weighted by atomic mass is 79.9. The minimum atomic E-state index is -0.0880. The first-order valence-corrected chi connectivity index (χ1v) is 8.94. The minimum absolute atomic E-state index is 0.0880. The van der Waals surface area contributed by atoms with Crippen molar-refractivity contribution in [3.05, 3.63) is 58.1 Å². The van der Waals surface area contributed by atoms with Gasteiger partial charge in [-0.2, -0.15) is 5.26 Å². The van der Waals surface area contributed by atoms with Crippen LogP contribution in [0.2, 0.25) is 0 Å². The van der Waals surface area contributed by atoms with E-state index in [1.54, 1.807) is 0 Å². The van der Waals surface area contributed by atoms with Gasteiger partial charge in [0.2, 0.25) is 0 Å². The average Bonchev–Trinajstić information content (AvgIpc) is 2.65. The van der Waals surface area contributed by atoms with E-state index in [0.717, 1.165) is 21.4 Å². The normalized spacial score (nSPS) is 14.1. The smallest absolute Gasteiger partial charge is 0.321 e. The SMILES string of the molecule is Cc1cc(NC(=O)N2CCN(c3ccccc3C#N)CC2)ccc1Br. The van der Waals surface area contributed by atoms with Crippen molar-refractivity contribution in [1.29, 1.82) is 5.26 Å². The van der Waals surface area contributed by atoms with Gasteiger partial charge in [-0.1, -0.05) is 28.1 Å². The molecule has 1 heterocycles. The van der Waals surface area contributed by atoms with E-state index < -0.39 is 0 Å². The number of urea groups is 1. The Morgan fingerprint density at radius 3 is 2.56 bits per heavy atom. The Morgan fingerprint density at radius 1 is 1.16 bits per heavy atom. The van der Waals surface area contributed by atoms with Crippen LogP contribution in [0.1, 0.15) is 11.1 Å². The maximum atomic E-state index is 12.5. The van der Waals surface area contributed by atoms with Gasteiger partial charge in [0.05, 0.1) is 11.3 Å². The van der Waals surface area contributed by atoms with E-state index in [0.29, 0.717) is 31.7 Å². The van der Waals surface area contributed by atoms with Gasteiger partial charge in [0.1, 0.15) is 6.07 Å². The van der Waals surface area contributed by atoms with Crippen LogP contribution < -0.4 is 10.2 Å². The molecule has 2 aromatic rings. The van der Waals surface area contributed by atoms with Crippen LogP contribution >= 0.6 is 15.9 Å². The minimum Gasteiger partial charge on any atom is -0.367 e. The number of anilines is 2. The van der Waals surface area contributed by atoms with E-state index in [9.17, 15) is 10.1 Å². The predicted molar refractivity (Wildman–Crippen MR) is 103 cm³/mol. The number of nitrogens with zero attached hydrogens (tertiary/aromatic N) is 3. The number of benzene rings is 2. The van der Waals surface area contributed by atoms with Crippen LogP contribution in [0.25, 0.3) is 0 Å². The highest BCUT2D eigenvalue weighted by Crippen LogP contribution is 2.22. The molecule has 6 heteroatoms. The van der Waals surface area contributed by atoms with E-state index in [2.05, 4.69) is 32.2 Å². The maximum Gasteiger partial charge on any atom is 0.321 e. The molecule has 1 N–H and O–H groups in total. The molecule has 0 aromatic heterocycles. The fourth-order valence-corrected chi connectivity index (χ4v) is 3.17. The summed E-state index contributed by atoms with van der Waals surface area (Å²) in [5.41, 5.74) is 3.48. The van der Waals surface area contributed by atoms with Crippen molar-refractivity contribution in [2.24, 2.45) is 0 Å². The van der Waals surface area contributed by atoms with Gasteiger partial charge in [-0.05, 0) is 42.8 Å². The molecular weight excluding hydrogens is 380 g/mol. The van der Waals surface area contributed by atoms with Crippen LogP contribution in [0.4, 0.5) is 16.2 Å². The molecule has 0 radical (unpaired) electrons. The molecule has 0 spiro atoms. The van der Waals surface area contributed by atoms with Crippen LogP contribution in [-0.2, 0) is 0 Å². The number of carbonyl (C=O) groups excluding carboxylic acids is 1. The molecule has 0 saturated carbocycles. The van der Waals surface area contributed by atoms with E-state index in [1.807, 2.05) is 54.3 Å². The summed E-state index contributed by atoms with van der Waals surface area (Å²) in [7, 11) is 0. The number of para-hydroxylation sites is 1. The summed E-state index contributed by atoms with van der Waals surface area (Å²) in [6.07, 6.45) is 0. The Hall–Kier alpha value is -2.52. The predicted octanol–water partition coefficient (Wildman–Crippen LogP) is 3.98. The Morgan fingerprint density at radius 2 is 1.88 bits per heavy atom. The molecule has 1 saturated heterocycles. The monoisotopic (exact) mass is 398 g/mol. The highest BCUT2D eigenvalue weighted by molar-refractivity contribution is 9.10. The third kappa shape index (κ3) is 3.94. The van der Waals surface area contributed by atoms with Gasteiger partial charge >= 0.3 is 6.03 Å². The number of nitriles is 1. The summed E-state index contributed by atoms with van der Waals surface area (Å²) in [6.45, 7) is 4.67. The second kappa shape index (κ2) is 7.58. The zero-order chi connectivity index (χ0) is 17.8. The van der Waals surface area contributed by atoms with E-state index >= 15 is 0 Å². The molecule has 0 bridgehead atoms.